The minimum absolute atomic E-state index is 0.737. The number of nitrogens with zero attached hydrogens (tertiary/aromatic N) is 2. The van der Waals surface area contributed by atoms with Crippen LogP contribution in [0.15, 0.2) is 28.6 Å². The quantitative estimate of drug-likeness (QED) is 0.522. The van der Waals surface area contributed by atoms with Gasteiger partial charge in [-0.15, -0.1) is 11.3 Å². The Bertz CT molecular complexity index is 712. The van der Waals surface area contributed by atoms with E-state index in [2.05, 4.69) is 65.0 Å². The summed E-state index contributed by atoms with van der Waals surface area (Å²) in [7, 11) is 1.71. The largest absolute Gasteiger partial charge is 0.496 e. The van der Waals surface area contributed by atoms with Crippen molar-refractivity contribution in [1.82, 2.24) is 15.6 Å². The number of ether oxygens (including phenoxy) is 1. The van der Waals surface area contributed by atoms with Gasteiger partial charge in [0.1, 0.15) is 5.75 Å². The van der Waals surface area contributed by atoms with Crippen molar-refractivity contribution in [1.29, 1.82) is 0 Å². The lowest BCUT2D eigenvalue weighted by Crippen LogP contribution is -2.38. The van der Waals surface area contributed by atoms with E-state index in [1.807, 2.05) is 0 Å². The summed E-state index contributed by atoms with van der Waals surface area (Å²) in [6, 6.07) is 6.36. The second-order valence-corrected chi connectivity index (χ2v) is 7.02. The highest BCUT2D eigenvalue weighted by Gasteiger charge is 2.03. The summed E-state index contributed by atoms with van der Waals surface area (Å²) in [5, 5.41) is 10.0. The Balaban J connectivity index is 1.83. The molecule has 6 heteroatoms. The van der Waals surface area contributed by atoms with Crippen LogP contribution in [0.4, 0.5) is 0 Å². The van der Waals surface area contributed by atoms with Crippen molar-refractivity contribution < 1.29 is 4.74 Å². The number of thiazole rings is 1. The Hall–Kier alpha value is -2.08. The first-order chi connectivity index (χ1) is 12.7. The van der Waals surface area contributed by atoms with E-state index in [9.17, 15) is 0 Å². The van der Waals surface area contributed by atoms with Crippen molar-refractivity contribution in [3.8, 4) is 5.75 Å². The van der Waals surface area contributed by atoms with Gasteiger partial charge in [-0.25, -0.2) is 4.98 Å². The van der Waals surface area contributed by atoms with Gasteiger partial charge in [0.2, 0.25) is 0 Å². The molecule has 0 saturated heterocycles. The van der Waals surface area contributed by atoms with Crippen LogP contribution in [-0.4, -0.2) is 37.7 Å². The van der Waals surface area contributed by atoms with Gasteiger partial charge in [0.15, 0.2) is 5.96 Å². The van der Waals surface area contributed by atoms with E-state index in [1.165, 1.54) is 10.6 Å². The van der Waals surface area contributed by atoms with E-state index >= 15 is 0 Å². The zero-order chi connectivity index (χ0) is 18.8. The second kappa shape index (κ2) is 10.8. The molecule has 0 spiro atoms. The zero-order valence-electron chi connectivity index (χ0n) is 16.3. The maximum Gasteiger partial charge on any atom is 0.191 e. The Morgan fingerprint density at radius 1 is 1.23 bits per heavy atom. The number of hydrogen-bond acceptors (Lipinski definition) is 4. The number of aryl methyl sites for hydroxylation is 2. The normalized spacial score (nSPS) is 11.5. The maximum atomic E-state index is 5.40. The lowest BCUT2D eigenvalue weighted by molar-refractivity contribution is 0.411. The molecule has 0 atom stereocenters. The van der Waals surface area contributed by atoms with Gasteiger partial charge in [-0.3, -0.25) is 4.99 Å². The predicted octanol–water partition coefficient (Wildman–Crippen LogP) is 3.36. The molecule has 0 fully saturated rings. The fourth-order valence-electron chi connectivity index (χ4n) is 2.60. The highest BCUT2D eigenvalue weighted by molar-refractivity contribution is 7.09. The average molecular weight is 375 g/mol. The number of benzene rings is 1. The molecule has 0 aliphatic rings. The summed E-state index contributed by atoms with van der Waals surface area (Å²) >= 11 is 1.73. The monoisotopic (exact) mass is 374 g/mol. The molecular formula is C20H30N4OS. The molecule has 0 bridgehead atoms. The van der Waals surface area contributed by atoms with Crippen LogP contribution in [0, 0.1) is 6.92 Å². The van der Waals surface area contributed by atoms with Crippen LogP contribution in [0.25, 0.3) is 0 Å². The molecule has 2 rings (SSSR count). The third kappa shape index (κ3) is 6.33. The predicted molar refractivity (Wildman–Crippen MR) is 111 cm³/mol. The fraction of sp³-hybridized carbons (Fsp3) is 0.500. The summed E-state index contributed by atoms with van der Waals surface area (Å²) in [6.07, 6.45) is 2.80. The molecule has 2 N–H and O–H groups in total. The Morgan fingerprint density at radius 2 is 2.08 bits per heavy atom. The molecule has 0 radical (unpaired) electrons. The van der Waals surface area contributed by atoms with E-state index in [-0.39, 0.29) is 0 Å². The number of rotatable bonds is 9. The van der Waals surface area contributed by atoms with E-state index < -0.39 is 0 Å². The molecule has 1 heterocycles. The van der Waals surface area contributed by atoms with Gasteiger partial charge < -0.3 is 15.4 Å². The molecule has 0 amide bonds. The standard InChI is InChI=1S/C20H30N4OS/c1-5-19-24-17(14-26-19)10-12-23-20(21-6-2)22-11-9-16-8-7-15(3)18(13-16)25-4/h7-8,13-14H,5-6,9-12H2,1-4H3,(H2,21,22,23). The van der Waals surface area contributed by atoms with E-state index in [1.54, 1.807) is 18.4 Å². The highest BCUT2D eigenvalue weighted by Crippen LogP contribution is 2.19. The molecule has 26 heavy (non-hydrogen) atoms. The Morgan fingerprint density at radius 3 is 2.77 bits per heavy atom. The first kappa shape index (κ1) is 20.2. The first-order valence-electron chi connectivity index (χ1n) is 9.25. The van der Waals surface area contributed by atoms with Gasteiger partial charge in [-0.1, -0.05) is 19.1 Å². The summed E-state index contributed by atoms with van der Waals surface area (Å²) in [5.41, 5.74) is 3.55. The van der Waals surface area contributed by atoms with Crippen LogP contribution in [0.1, 0.15) is 35.7 Å². The van der Waals surface area contributed by atoms with Crippen LogP contribution in [-0.2, 0) is 19.3 Å². The van der Waals surface area contributed by atoms with Crippen molar-refractivity contribution >= 4 is 17.3 Å². The molecule has 0 unspecified atom stereocenters. The third-order valence-electron chi connectivity index (χ3n) is 4.06. The van der Waals surface area contributed by atoms with Gasteiger partial charge in [0, 0.05) is 31.4 Å². The van der Waals surface area contributed by atoms with Gasteiger partial charge in [-0.05, 0) is 43.9 Å². The molecule has 0 aliphatic carbocycles. The van der Waals surface area contributed by atoms with Crippen LogP contribution >= 0.6 is 11.3 Å². The van der Waals surface area contributed by atoms with Crippen LogP contribution in [0.5, 0.6) is 5.75 Å². The van der Waals surface area contributed by atoms with Crippen molar-refractivity contribution in [3.05, 3.63) is 45.4 Å². The van der Waals surface area contributed by atoms with Gasteiger partial charge >= 0.3 is 0 Å². The minimum atomic E-state index is 0.737. The molecule has 2 aromatic rings. The highest BCUT2D eigenvalue weighted by atomic mass is 32.1. The summed E-state index contributed by atoms with van der Waals surface area (Å²) in [5.74, 6) is 1.80. The Labute approximate surface area is 160 Å². The first-order valence-corrected chi connectivity index (χ1v) is 10.1. The maximum absolute atomic E-state index is 5.40. The zero-order valence-corrected chi connectivity index (χ0v) is 17.1. The molecular weight excluding hydrogens is 344 g/mol. The summed E-state index contributed by atoms with van der Waals surface area (Å²) < 4.78 is 5.40. The molecule has 1 aromatic carbocycles. The molecule has 0 saturated carbocycles. The van der Waals surface area contributed by atoms with Crippen molar-refractivity contribution in [2.45, 2.75) is 40.0 Å². The van der Waals surface area contributed by atoms with E-state index in [0.29, 0.717) is 0 Å². The number of aliphatic imine (C=N–C) groups is 1. The van der Waals surface area contributed by atoms with Gasteiger partial charge in [0.25, 0.3) is 0 Å². The van der Waals surface area contributed by atoms with Crippen molar-refractivity contribution in [2.24, 2.45) is 4.99 Å². The number of methoxy groups -OCH3 is 1. The molecule has 142 valence electrons. The van der Waals surface area contributed by atoms with Gasteiger partial charge in [-0.2, -0.15) is 0 Å². The number of hydrogen-bond donors (Lipinski definition) is 2. The molecule has 5 nitrogen and oxygen atoms in total. The van der Waals surface area contributed by atoms with Crippen molar-refractivity contribution in [2.75, 3.05) is 26.7 Å². The fourth-order valence-corrected chi connectivity index (χ4v) is 3.37. The number of nitrogens with one attached hydrogen (secondary N) is 2. The van der Waals surface area contributed by atoms with Gasteiger partial charge in [0.05, 0.1) is 17.8 Å². The van der Waals surface area contributed by atoms with E-state index in [0.717, 1.165) is 61.9 Å². The van der Waals surface area contributed by atoms with Crippen LogP contribution < -0.4 is 15.4 Å². The molecule has 1 aromatic heterocycles. The van der Waals surface area contributed by atoms with Crippen LogP contribution in [0.2, 0.25) is 0 Å². The Kier molecular flexibility index (Phi) is 8.41. The number of guanidine groups is 1. The smallest absolute Gasteiger partial charge is 0.191 e. The summed E-state index contributed by atoms with van der Waals surface area (Å²) in [4.78, 5) is 9.25. The molecule has 0 aliphatic heterocycles. The second-order valence-electron chi connectivity index (χ2n) is 6.08. The van der Waals surface area contributed by atoms with Crippen LogP contribution in [0.3, 0.4) is 0 Å². The number of aromatic nitrogens is 1. The average Bonchev–Trinajstić information content (AvgIpc) is 3.11. The lowest BCUT2D eigenvalue weighted by atomic mass is 10.1. The summed E-state index contributed by atoms with van der Waals surface area (Å²) in [6.45, 7) is 8.69. The van der Waals surface area contributed by atoms with Crippen molar-refractivity contribution in [3.63, 3.8) is 0 Å². The lowest BCUT2D eigenvalue weighted by Gasteiger charge is -2.12. The van der Waals surface area contributed by atoms with E-state index in [4.69, 9.17) is 4.74 Å². The third-order valence-corrected chi connectivity index (χ3v) is 5.10. The topological polar surface area (TPSA) is 58.5 Å². The minimum Gasteiger partial charge on any atom is -0.496 e. The SMILES string of the molecule is CCNC(=NCCc1csc(CC)n1)NCCc1ccc(C)c(OC)c1.